The van der Waals surface area contributed by atoms with E-state index in [4.69, 9.17) is 9.47 Å². The van der Waals surface area contributed by atoms with E-state index in [2.05, 4.69) is 6.58 Å². The van der Waals surface area contributed by atoms with Gasteiger partial charge in [0.2, 0.25) is 0 Å². The second kappa shape index (κ2) is 5.05. The van der Waals surface area contributed by atoms with E-state index in [0.29, 0.717) is 32.1 Å². The molecule has 0 aromatic heterocycles. The van der Waals surface area contributed by atoms with Gasteiger partial charge in [-0.05, 0) is 32.1 Å². The lowest BCUT2D eigenvalue weighted by molar-refractivity contribution is -0.290. The lowest BCUT2D eigenvalue weighted by Gasteiger charge is -2.65. The Hall–Kier alpha value is -1.40. The second-order valence-corrected chi connectivity index (χ2v) is 7.78. The molecular weight excluding hydrogens is 300 g/mol. The number of aliphatic hydroxyl groups is 2. The molecule has 0 aromatic carbocycles. The summed E-state index contributed by atoms with van der Waals surface area (Å²) < 4.78 is 10.5. The first-order valence-corrected chi connectivity index (χ1v) is 8.07. The highest BCUT2D eigenvalue weighted by molar-refractivity contribution is 5.88. The lowest BCUT2D eigenvalue weighted by atomic mass is 9.46. The minimum Gasteiger partial charge on any atom is -0.456 e. The smallest absolute Gasteiger partial charge is 0.344 e. The Morgan fingerprint density at radius 2 is 1.91 bits per heavy atom. The van der Waals surface area contributed by atoms with Crippen LogP contribution in [0, 0.1) is 11.8 Å². The Kier molecular flexibility index (Phi) is 3.61. The summed E-state index contributed by atoms with van der Waals surface area (Å²) in [5.41, 5.74) is -2.64. The van der Waals surface area contributed by atoms with E-state index >= 15 is 0 Å². The van der Waals surface area contributed by atoms with Crippen molar-refractivity contribution < 1.29 is 29.3 Å². The highest BCUT2D eigenvalue weighted by atomic mass is 16.6. The number of ether oxygens (including phenoxy) is 2. The number of hydrogen-bond acceptors (Lipinski definition) is 6. The van der Waals surface area contributed by atoms with Gasteiger partial charge < -0.3 is 19.7 Å². The predicted molar refractivity (Wildman–Crippen MR) is 80.2 cm³/mol. The Labute approximate surface area is 135 Å². The fourth-order valence-corrected chi connectivity index (χ4v) is 5.04. The molecule has 4 saturated carbocycles. The number of rotatable bonds is 4. The Bertz CT molecular complexity index is 571. The van der Waals surface area contributed by atoms with Crippen molar-refractivity contribution in [3.05, 3.63) is 12.2 Å². The van der Waals surface area contributed by atoms with E-state index in [1.165, 1.54) is 6.92 Å². The van der Waals surface area contributed by atoms with Crippen LogP contribution < -0.4 is 0 Å². The van der Waals surface area contributed by atoms with Gasteiger partial charge in [0, 0.05) is 24.3 Å². The molecule has 0 aromatic rings. The maximum Gasteiger partial charge on any atom is 0.344 e. The van der Waals surface area contributed by atoms with Crippen molar-refractivity contribution in [2.45, 2.75) is 62.8 Å². The van der Waals surface area contributed by atoms with Gasteiger partial charge in [-0.25, -0.2) is 9.59 Å². The average Bonchev–Trinajstić information content (AvgIpc) is 2.39. The van der Waals surface area contributed by atoms with E-state index < -0.39 is 35.3 Å². The van der Waals surface area contributed by atoms with Gasteiger partial charge in [-0.3, -0.25) is 0 Å². The molecular formula is C17H24O6. The van der Waals surface area contributed by atoms with Crippen molar-refractivity contribution in [2.24, 2.45) is 11.8 Å². The normalized spacial score (nSPS) is 44.0. The van der Waals surface area contributed by atoms with E-state index in [0.717, 1.165) is 0 Å². The molecule has 0 heterocycles. The minimum absolute atomic E-state index is 0.148. The lowest BCUT2D eigenvalue weighted by Crippen LogP contribution is -2.71. The summed E-state index contributed by atoms with van der Waals surface area (Å²) in [6.45, 7) is 6.34. The third kappa shape index (κ3) is 2.68. The summed E-state index contributed by atoms with van der Waals surface area (Å²) in [5, 5.41) is 21.6. The van der Waals surface area contributed by atoms with Crippen molar-refractivity contribution in [1.29, 1.82) is 0 Å². The molecule has 4 rings (SSSR count). The summed E-state index contributed by atoms with van der Waals surface area (Å²) in [7, 11) is 0. The molecule has 4 aliphatic rings. The number of carbonyl (C=O) groups is 2. The maximum atomic E-state index is 12.1. The fourth-order valence-electron chi connectivity index (χ4n) is 5.04. The topological polar surface area (TPSA) is 93.1 Å². The first-order chi connectivity index (χ1) is 10.6. The number of hydrogen-bond donors (Lipinski definition) is 2. The summed E-state index contributed by atoms with van der Waals surface area (Å²) in [4.78, 5) is 23.5. The predicted octanol–water partition coefficient (Wildman–Crippen LogP) is 1.09. The molecule has 6 nitrogen and oxygen atoms in total. The summed E-state index contributed by atoms with van der Waals surface area (Å²) >= 11 is 0. The van der Waals surface area contributed by atoms with Crippen molar-refractivity contribution >= 4 is 11.9 Å². The van der Waals surface area contributed by atoms with Crippen LogP contribution in [-0.2, 0) is 19.1 Å². The van der Waals surface area contributed by atoms with E-state index in [9.17, 15) is 19.8 Å². The molecule has 0 saturated heterocycles. The fraction of sp³-hybridized carbons (Fsp3) is 0.765. The molecule has 128 valence electrons. The number of carbonyl (C=O) groups excluding carboxylic acids is 2. The molecule has 4 fully saturated rings. The van der Waals surface area contributed by atoms with Crippen LogP contribution >= 0.6 is 0 Å². The van der Waals surface area contributed by atoms with Gasteiger partial charge >= 0.3 is 11.9 Å². The third-order valence-electron chi connectivity index (χ3n) is 5.79. The van der Waals surface area contributed by atoms with Gasteiger partial charge in [0.05, 0.1) is 11.2 Å². The zero-order valence-corrected chi connectivity index (χ0v) is 13.6. The Morgan fingerprint density at radius 1 is 1.22 bits per heavy atom. The highest BCUT2D eigenvalue weighted by Crippen LogP contribution is 2.63. The van der Waals surface area contributed by atoms with Crippen molar-refractivity contribution in [2.75, 3.05) is 6.61 Å². The van der Waals surface area contributed by atoms with Crippen LogP contribution in [0.1, 0.15) is 46.0 Å². The average molecular weight is 324 g/mol. The molecule has 0 aliphatic heterocycles. The Balaban J connectivity index is 1.72. The van der Waals surface area contributed by atoms with Gasteiger partial charge in [-0.1, -0.05) is 13.5 Å². The van der Waals surface area contributed by atoms with Crippen LogP contribution in [0.4, 0.5) is 0 Å². The van der Waals surface area contributed by atoms with E-state index in [1.807, 2.05) is 6.92 Å². The molecule has 5 unspecified atom stereocenters. The van der Waals surface area contributed by atoms with Crippen LogP contribution in [0.15, 0.2) is 12.2 Å². The zero-order valence-electron chi connectivity index (χ0n) is 13.6. The van der Waals surface area contributed by atoms with Crippen LogP contribution in [0.3, 0.4) is 0 Å². The first-order valence-electron chi connectivity index (χ1n) is 8.07. The Morgan fingerprint density at radius 3 is 2.52 bits per heavy atom. The van der Waals surface area contributed by atoms with Crippen LogP contribution in [0.5, 0.6) is 0 Å². The zero-order chi connectivity index (χ0) is 17.0. The van der Waals surface area contributed by atoms with Gasteiger partial charge in [-0.2, -0.15) is 0 Å². The van der Waals surface area contributed by atoms with E-state index in [-0.39, 0.29) is 17.4 Å². The van der Waals surface area contributed by atoms with Crippen LogP contribution in [0.2, 0.25) is 0 Å². The minimum atomic E-state index is -0.997. The summed E-state index contributed by atoms with van der Waals surface area (Å²) in [6.07, 6.45) is 2.59. The van der Waals surface area contributed by atoms with E-state index in [1.54, 1.807) is 0 Å². The van der Waals surface area contributed by atoms with Crippen molar-refractivity contribution in [1.82, 2.24) is 0 Å². The van der Waals surface area contributed by atoms with Crippen LogP contribution in [-0.4, -0.2) is 45.6 Å². The monoisotopic (exact) mass is 324 g/mol. The summed E-state index contributed by atoms with van der Waals surface area (Å²) in [5.74, 6) is -1.40. The first kappa shape index (κ1) is 16.5. The molecule has 2 N–H and O–H groups in total. The standard InChI is InChI=1S/C17H24O6/c1-10(2)14(19)22-7-13(18)23-17-6-12-4-15(20,9-17)8-16(21,5-12)11(17)3/h11-12,20-21H,1,4-9H2,2-3H3. The highest BCUT2D eigenvalue weighted by Gasteiger charge is 2.68. The second-order valence-electron chi connectivity index (χ2n) is 7.78. The molecule has 6 heteroatoms. The molecule has 0 spiro atoms. The number of esters is 2. The molecule has 0 amide bonds. The quantitative estimate of drug-likeness (QED) is 0.594. The molecule has 0 radical (unpaired) electrons. The molecule has 5 atom stereocenters. The molecule has 4 aliphatic carbocycles. The largest absolute Gasteiger partial charge is 0.456 e. The van der Waals surface area contributed by atoms with Gasteiger partial charge in [0.1, 0.15) is 5.60 Å². The maximum absolute atomic E-state index is 12.1. The van der Waals surface area contributed by atoms with Crippen LogP contribution in [0.25, 0.3) is 0 Å². The molecule has 4 bridgehead atoms. The van der Waals surface area contributed by atoms with Crippen molar-refractivity contribution in [3.8, 4) is 0 Å². The van der Waals surface area contributed by atoms with Gasteiger partial charge in [-0.15, -0.1) is 0 Å². The molecule has 23 heavy (non-hydrogen) atoms. The SMILES string of the molecule is C=C(C)C(=O)OCC(=O)OC12CC3CC(O)(CC(O)(C3)C1C)C2. The van der Waals surface area contributed by atoms with Gasteiger partial charge in [0.15, 0.2) is 6.61 Å². The summed E-state index contributed by atoms with van der Waals surface area (Å²) in [6, 6.07) is 0. The van der Waals surface area contributed by atoms with Crippen molar-refractivity contribution in [3.63, 3.8) is 0 Å². The van der Waals surface area contributed by atoms with Gasteiger partial charge in [0.25, 0.3) is 0 Å². The third-order valence-corrected chi connectivity index (χ3v) is 5.79.